The third-order valence-electron chi connectivity index (χ3n) is 6.38. The number of carbonyl (C=O) groups excluding carboxylic acids is 1. The standard InChI is InChI=1S/C28H22F3N3O4S/c1-15-9-16-10-18(11-17(16)12-19(15)14-39(2,36)37)27(35)20-13-33-34(28(20)32)22-7-8-24(26(31)25(22)30)38-23-6-4-3-5-21(23)29/h3-10,12-13H,11,14,32H2,1-2H3. The Morgan fingerprint density at radius 2 is 1.82 bits per heavy atom. The number of Topliss-reactive ketones (excluding diaryl/α,β-unsaturated/α-hetero) is 1. The third kappa shape index (κ3) is 5.05. The molecule has 0 aliphatic heterocycles. The molecule has 11 heteroatoms. The maximum atomic E-state index is 15.0. The predicted octanol–water partition coefficient (Wildman–Crippen LogP) is 5.34. The van der Waals surface area contributed by atoms with Crippen molar-refractivity contribution in [1.29, 1.82) is 0 Å². The van der Waals surface area contributed by atoms with Crippen LogP contribution in [0.25, 0.3) is 11.8 Å². The largest absolute Gasteiger partial charge is 0.451 e. The van der Waals surface area contributed by atoms with Gasteiger partial charge < -0.3 is 10.5 Å². The fraction of sp³-hybridized carbons (Fsp3) is 0.143. The number of allylic oxidation sites excluding steroid dienone is 1. The Morgan fingerprint density at radius 3 is 2.54 bits per heavy atom. The second-order valence-corrected chi connectivity index (χ2v) is 11.5. The number of rotatable bonds is 7. The Hall–Kier alpha value is -4.38. The molecular formula is C28H22F3N3O4S. The molecule has 1 aromatic heterocycles. The predicted molar refractivity (Wildman–Crippen MR) is 140 cm³/mol. The normalized spacial score (nSPS) is 12.8. The summed E-state index contributed by atoms with van der Waals surface area (Å²) in [4.78, 5) is 13.3. The van der Waals surface area contributed by atoms with Gasteiger partial charge in [0.2, 0.25) is 5.82 Å². The van der Waals surface area contributed by atoms with Crippen LogP contribution >= 0.6 is 0 Å². The molecule has 0 fully saturated rings. The molecule has 5 rings (SSSR count). The molecule has 0 saturated carbocycles. The Bertz CT molecular complexity index is 1800. The fourth-order valence-electron chi connectivity index (χ4n) is 4.45. The van der Waals surface area contributed by atoms with Crippen LogP contribution in [0.1, 0.15) is 32.6 Å². The van der Waals surface area contributed by atoms with Crippen molar-refractivity contribution in [2.75, 3.05) is 12.0 Å². The number of nitrogens with two attached hydrogens (primary N) is 1. The summed E-state index contributed by atoms with van der Waals surface area (Å²) < 4.78 is 73.3. The zero-order valence-electron chi connectivity index (χ0n) is 20.8. The zero-order valence-corrected chi connectivity index (χ0v) is 21.7. The summed E-state index contributed by atoms with van der Waals surface area (Å²) in [5, 5.41) is 4.00. The molecule has 0 radical (unpaired) electrons. The average Bonchev–Trinajstić information content (AvgIpc) is 3.45. The van der Waals surface area contributed by atoms with Gasteiger partial charge in [-0.2, -0.15) is 9.49 Å². The van der Waals surface area contributed by atoms with Crippen LogP contribution in [0.3, 0.4) is 0 Å². The molecular weight excluding hydrogens is 531 g/mol. The Kier molecular flexibility index (Phi) is 6.55. The van der Waals surface area contributed by atoms with Crippen LogP contribution in [0.2, 0.25) is 0 Å². The van der Waals surface area contributed by atoms with Crippen molar-refractivity contribution in [1.82, 2.24) is 9.78 Å². The van der Waals surface area contributed by atoms with E-state index in [-0.39, 0.29) is 35.0 Å². The van der Waals surface area contributed by atoms with Gasteiger partial charge in [-0.05, 0) is 59.5 Å². The van der Waals surface area contributed by atoms with Crippen LogP contribution in [0.5, 0.6) is 11.5 Å². The number of aryl methyl sites for hydroxylation is 1. The van der Waals surface area contributed by atoms with Gasteiger partial charge in [-0.15, -0.1) is 0 Å². The van der Waals surface area contributed by atoms with Crippen molar-refractivity contribution in [3.63, 3.8) is 0 Å². The first-order chi connectivity index (χ1) is 18.4. The van der Waals surface area contributed by atoms with Crippen molar-refractivity contribution in [2.45, 2.75) is 19.1 Å². The summed E-state index contributed by atoms with van der Waals surface area (Å²) in [6.45, 7) is 1.80. The number of hydrogen-bond acceptors (Lipinski definition) is 6. The van der Waals surface area contributed by atoms with Crippen LogP contribution < -0.4 is 10.5 Å². The fourth-order valence-corrected chi connectivity index (χ4v) is 5.32. The molecule has 0 amide bonds. The highest BCUT2D eigenvalue weighted by atomic mass is 32.2. The third-order valence-corrected chi connectivity index (χ3v) is 7.22. The van der Waals surface area contributed by atoms with E-state index in [0.29, 0.717) is 11.1 Å². The highest BCUT2D eigenvalue weighted by molar-refractivity contribution is 7.89. The lowest BCUT2D eigenvalue weighted by Crippen LogP contribution is -2.10. The van der Waals surface area contributed by atoms with Crippen LogP contribution in [-0.2, 0) is 22.0 Å². The van der Waals surface area contributed by atoms with Gasteiger partial charge in [-0.3, -0.25) is 4.79 Å². The summed E-state index contributed by atoms with van der Waals surface area (Å²) in [5.74, 6) is -5.05. The molecule has 0 spiro atoms. The average molecular weight is 554 g/mol. The van der Waals surface area contributed by atoms with Crippen molar-refractivity contribution >= 4 is 27.5 Å². The van der Waals surface area contributed by atoms with Crippen LogP contribution in [0.4, 0.5) is 19.0 Å². The summed E-state index contributed by atoms with van der Waals surface area (Å²) in [6.07, 6.45) is 4.27. The quantitative estimate of drug-likeness (QED) is 0.310. The van der Waals surface area contributed by atoms with Crippen LogP contribution in [-0.4, -0.2) is 30.2 Å². The lowest BCUT2D eigenvalue weighted by atomic mass is 10.0. The summed E-state index contributed by atoms with van der Waals surface area (Å²) in [5.41, 5.74) is 9.20. The molecule has 1 aliphatic rings. The topological polar surface area (TPSA) is 104 Å². The maximum absolute atomic E-state index is 15.0. The monoisotopic (exact) mass is 553 g/mol. The van der Waals surface area contributed by atoms with E-state index in [1.54, 1.807) is 19.1 Å². The molecule has 4 aromatic rings. The molecule has 200 valence electrons. The molecule has 1 heterocycles. The number of sulfone groups is 1. The molecule has 0 saturated heterocycles. The first-order valence-electron chi connectivity index (χ1n) is 11.7. The minimum atomic E-state index is -3.24. The smallest absolute Gasteiger partial charge is 0.203 e. The molecule has 7 nitrogen and oxygen atoms in total. The van der Waals surface area contributed by atoms with E-state index in [1.807, 2.05) is 6.07 Å². The van der Waals surface area contributed by atoms with Gasteiger partial charge in [0, 0.05) is 18.2 Å². The molecule has 39 heavy (non-hydrogen) atoms. The molecule has 0 atom stereocenters. The Morgan fingerprint density at radius 1 is 1.08 bits per heavy atom. The van der Waals surface area contributed by atoms with Crippen molar-refractivity contribution < 1.29 is 31.1 Å². The number of nitrogen functional groups attached to an aromatic ring is 1. The number of ether oxygens (including phenoxy) is 1. The molecule has 1 aliphatic carbocycles. The van der Waals surface area contributed by atoms with Gasteiger partial charge in [0.25, 0.3) is 0 Å². The Labute approximate surface area is 222 Å². The minimum absolute atomic E-state index is 0.00590. The number of anilines is 1. The van der Waals surface area contributed by atoms with E-state index in [4.69, 9.17) is 10.5 Å². The minimum Gasteiger partial charge on any atom is -0.451 e. The molecule has 0 unspecified atom stereocenters. The van der Waals surface area contributed by atoms with Gasteiger partial charge in [-0.1, -0.05) is 24.3 Å². The second kappa shape index (κ2) is 9.73. The number of aromatic nitrogens is 2. The molecule has 0 bridgehead atoms. The summed E-state index contributed by atoms with van der Waals surface area (Å²) in [6, 6.07) is 11.2. The number of hydrogen-bond donors (Lipinski definition) is 1. The van der Waals surface area contributed by atoms with E-state index in [9.17, 15) is 22.0 Å². The van der Waals surface area contributed by atoms with Gasteiger partial charge >= 0.3 is 0 Å². The van der Waals surface area contributed by atoms with Crippen LogP contribution in [0, 0.1) is 24.4 Å². The van der Waals surface area contributed by atoms with Crippen molar-refractivity contribution in [3.05, 3.63) is 106 Å². The Balaban J connectivity index is 1.41. The van der Waals surface area contributed by atoms with Crippen molar-refractivity contribution in [3.8, 4) is 17.2 Å². The van der Waals surface area contributed by atoms with Gasteiger partial charge in [0.05, 0.1) is 17.5 Å². The molecule has 3 aromatic carbocycles. The number of ketones is 1. The van der Waals surface area contributed by atoms with Gasteiger partial charge in [-0.25, -0.2) is 21.9 Å². The lowest BCUT2D eigenvalue weighted by molar-refractivity contribution is 0.103. The zero-order chi connectivity index (χ0) is 28.1. The van der Waals surface area contributed by atoms with E-state index in [0.717, 1.165) is 45.8 Å². The number of para-hydroxylation sites is 1. The van der Waals surface area contributed by atoms with E-state index >= 15 is 4.39 Å². The number of fused-ring (bicyclic) bond motifs is 1. The first-order valence-corrected chi connectivity index (χ1v) is 13.8. The van der Waals surface area contributed by atoms with Gasteiger partial charge in [0.1, 0.15) is 11.5 Å². The van der Waals surface area contributed by atoms with Crippen molar-refractivity contribution in [2.24, 2.45) is 0 Å². The number of halogens is 3. The van der Waals surface area contributed by atoms with E-state index in [1.165, 1.54) is 24.4 Å². The SMILES string of the molecule is Cc1cc2c(cc1CS(C)(=O)=O)CC(C(=O)c1cnn(-c3ccc(Oc4ccccc4F)c(F)c3F)c1N)=C2. The highest BCUT2D eigenvalue weighted by Crippen LogP contribution is 2.34. The highest BCUT2D eigenvalue weighted by Gasteiger charge is 2.26. The number of nitrogens with zero attached hydrogens (tertiary/aromatic N) is 2. The van der Waals surface area contributed by atoms with Crippen LogP contribution in [0.15, 0.2) is 60.3 Å². The number of benzene rings is 3. The maximum Gasteiger partial charge on any atom is 0.203 e. The summed E-state index contributed by atoms with van der Waals surface area (Å²) >= 11 is 0. The first kappa shape index (κ1) is 26.2. The lowest BCUT2D eigenvalue weighted by Gasteiger charge is -2.11. The van der Waals surface area contributed by atoms with E-state index in [2.05, 4.69) is 5.10 Å². The van der Waals surface area contributed by atoms with E-state index < -0.39 is 38.8 Å². The van der Waals surface area contributed by atoms with Gasteiger partial charge in [0.15, 0.2) is 38.8 Å². The number of carbonyl (C=O) groups is 1. The molecule has 2 N–H and O–H groups in total. The summed E-state index contributed by atoms with van der Waals surface area (Å²) in [7, 11) is -3.24. The second-order valence-electron chi connectivity index (χ2n) is 9.32.